The van der Waals surface area contributed by atoms with Gasteiger partial charge in [0.1, 0.15) is 0 Å². The summed E-state index contributed by atoms with van der Waals surface area (Å²) in [6, 6.07) is 14.8. The summed E-state index contributed by atoms with van der Waals surface area (Å²) in [4.78, 5) is 0. The van der Waals surface area contributed by atoms with E-state index < -0.39 is 0 Å². The molecule has 2 N–H and O–H groups in total. The first kappa shape index (κ1) is 14.0. The Hall–Kier alpha value is -1.38. The fourth-order valence-corrected chi connectivity index (χ4v) is 2.56. The van der Waals surface area contributed by atoms with Crippen molar-refractivity contribution in [3.8, 4) is 0 Å². The molecule has 0 saturated carbocycles. The van der Waals surface area contributed by atoms with Crippen LogP contribution in [0, 0.1) is 5.92 Å². The highest BCUT2D eigenvalue weighted by atomic mass is 16.3. The zero-order chi connectivity index (χ0) is 13.8. The van der Waals surface area contributed by atoms with Crippen LogP contribution in [0.5, 0.6) is 0 Å². The third kappa shape index (κ3) is 3.14. The number of likely N-dealkylation sites (N-methyl/N-ethyl adjacent to an activating group) is 1. The Balaban J connectivity index is 2.38. The highest BCUT2D eigenvalue weighted by Gasteiger charge is 2.23. The van der Waals surface area contributed by atoms with Crippen LogP contribution in [0.1, 0.15) is 25.3 Å². The number of aliphatic hydroxyl groups excluding tert-OH is 1. The summed E-state index contributed by atoms with van der Waals surface area (Å²) in [6.07, 6.45) is -0.325. The molecule has 0 aromatic heterocycles. The van der Waals surface area contributed by atoms with E-state index in [1.54, 1.807) is 0 Å². The zero-order valence-corrected chi connectivity index (χ0v) is 11.9. The van der Waals surface area contributed by atoms with Crippen LogP contribution >= 0.6 is 0 Å². The summed E-state index contributed by atoms with van der Waals surface area (Å²) in [6.45, 7) is 4.92. The van der Waals surface area contributed by atoms with Gasteiger partial charge in [0.2, 0.25) is 0 Å². The van der Waals surface area contributed by atoms with Gasteiger partial charge in [-0.15, -0.1) is 0 Å². The average molecular weight is 257 g/mol. The monoisotopic (exact) mass is 257 g/mol. The molecule has 0 amide bonds. The summed E-state index contributed by atoms with van der Waals surface area (Å²) in [7, 11) is 1.93. The molecule has 0 fully saturated rings. The van der Waals surface area contributed by atoms with Crippen molar-refractivity contribution in [1.82, 2.24) is 5.32 Å². The van der Waals surface area contributed by atoms with Crippen LogP contribution in [-0.2, 0) is 0 Å². The lowest BCUT2D eigenvalue weighted by atomic mass is 9.86. The lowest BCUT2D eigenvalue weighted by Crippen LogP contribution is -2.31. The predicted molar refractivity (Wildman–Crippen MR) is 81.5 cm³/mol. The molecule has 0 saturated heterocycles. The Morgan fingerprint density at radius 1 is 1.05 bits per heavy atom. The molecule has 0 aliphatic rings. The average Bonchev–Trinajstić information content (AvgIpc) is 2.43. The lowest BCUT2D eigenvalue weighted by molar-refractivity contribution is 0.0961. The van der Waals surface area contributed by atoms with Crippen LogP contribution in [0.3, 0.4) is 0 Å². The van der Waals surface area contributed by atoms with Crippen molar-refractivity contribution < 1.29 is 5.11 Å². The maximum Gasteiger partial charge on any atom is 0.0643 e. The molecule has 2 heteroatoms. The second kappa shape index (κ2) is 6.18. The first-order valence-electron chi connectivity index (χ1n) is 6.95. The van der Waals surface area contributed by atoms with E-state index in [0.29, 0.717) is 0 Å². The summed E-state index contributed by atoms with van der Waals surface area (Å²) >= 11 is 0. The Kier molecular flexibility index (Phi) is 4.56. The lowest BCUT2D eigenvalue weighted by Gasteiger charge is -2.26. The quantitative estimate of drug-likeness (QED) is 0.862. The summed E-state index contributed by atoms with van der Waals surface area (Å²) < 4.78 is 0. The molecule has 0 aliphatic heterocycles. The van der Waals surface area contributed by atoms with E-state index in [-0.39, 0.29) is 17.9 Å². The molecular formula is C17H23NO. The first-order chi connectivity index (χ1) is 9.13. The Bertz CT molecular complexity index is 536. The first-order valence-corrected chi connectivity index (χ1v) is 6.95. The van der Waals surface area contributed by atoms with E-state index in [0.717, 1.165) is 6.54 Å². The Morgan fingerprint density at radius 3 is 2.37 bits per heavy atom. The SMILES string of the molecule is CNCC(c1ccc2ccccc2c1)C(O)C(C)C. The minimum absolute atomic E-state index is 0.134. The van der Waals surface area contributed by atoms with Gasteiger partial charge in [0.25, 0.3) is 0 Å². The second-order valence-corrected chi connectivity index (χ2v) is 5.51. The van der Waals surface area contributed by atoms with Crippen molar-refractivity contribution in [3.05, 3.63) is 48.0 Å². The van der Waals surface area contributed by atoms with Gasteiger partial charge in [-0.3, -0.25) is 0 Å². The number of hydrogen-bond donors (Lipinski definition) is 2. The van der Waals surface area contributed by atoms with Crippen molar-refractivity contribution in [2.45, 2.75) is 25.9 Å². The third-order valence-corrected chi connectivity index (χ3v) is 3.72. The molecule has 2 rings (SSSR count). The molecule has 0 aliphatic carbocycles. The second-order valence-electron chi connectivity index (χ2n) is 5.51. The van der Waals surface area contributed by atoms with Crippen molar-refractivity contribution in [2.24, 2.45) is 5.92 Å². The van der Waals surface area contributed by atoms with Crippen molar-refractivity contribution in [3.63, 3.8) is 0 Å². The fraction of sp³-hybridized carbons (Fsp3) is 0.412. The van der Waals surface area contributed by atoms with E-state index in [1.165, 1.54) is 16.3 Å². The minimum Gasteiger partial charge on any atom is -0.392 e. The maximum atomic E-state index is 10.4. The summed E-state index contributed by atoms with van der Waals surface area (Å²) in [5.41, 5.74) is 1.20. The highest BCUT2D eigenvalue weighted by molar-refractivity contribution is 5.83. The molecule has 2 nitrogen and oxygen atoms in total. The highest BCUT2D eigenvalue weighted by Crippen LogP contribution is 2.27. The van der Waals surface area contributed by atoms with Gasteiger partial charge in [0.15, 0.2) is 0 Å². The standard InChI is InChI=1S/C17H23NO/c1-12(2)17(19)16(11-18-3)15-9-8-13-6-4-5-7-14(13)10-15/h4-10,12,16-19H,11H2,1-3H3. The number of rotatable bonds is 5. The number of fused-ring (bicyclic) bond motifs is 1. The molecule has 0 bridgehead atoms. The smallest absolute Gasteiger partial charge is 0.0643 e. The van der Waals surface area contributed by atoms with Crippen molar-refractivity contribution >= 4 is 10.8 Å². The van der Waals surface area contributed by atoms with Crippen LogP contribution in [0.15, 0.2) is 42.5 Å². The van der Waals surface area contributed by atoms with Crippen LogP contribution in [0.2, 0.25) is 0 Å². The van der Waals surface area contributed by atoms with E-state index in [4.69, 9.17) is 0 Å². The number of benzene rings is 2. The largest absolute Gasteiger partial charge is 0.392 e. The molecule has 2 aromatic carbocycles. The molecule has 2 atom stereocenters. The number of aliphatic hydroxyl groups is 1. The third-order valence-electron chi connectivity index (χ3n) is 3.72. The molecule has 2 aromatic rings. The number of hydrogen-bond acceptors (Lipinski definition) is 2. The summed E-state index contributed by atoms with van der Waals surface area (Å²) in [5, 5.41) is 16.1. The van der Waals surface area contributed by atoms with Gasteiger partial charge in [-0.25, -0.2) is 0 Å². The van der Waals surface area contributed by atoms with Gasteiger partial charge in [-0.05, 0) is 29.3 Å². The van der Waals surface area contributed by atoms with Gasteiger partial charge in [-0.2, -0.15) is 0 Å². The van der Waals surface area contributed by atoms with Crippen molar-refractivity contribution in [1.29, 1.82) is 0 Å². The van der Waals surface area contributed by atoms with Crippen LogP contribution < -0.4 is 5.32 Å². The van der Waals surface area contributed by atoms with Crippen LogP contribution in [-0.4, -0.2) is 24.8 Å². The van der Waals surface area contributed by atoms with Crippen molar-refractivity contribution in [2.75, 3.05) is 13.6 Å². The van der Waals surface area contributed by atoms with Gasteiger partial charge < -0.3 is 10.4 Å². The molecular weight excluding hydrogens is 234 g/mol. The molecule has 102 valence electrons. The zero-order valence-electron chi connectivity index (χ0n) is 11.9. The maximum absolute atomic E-state index is 10.4. The van der Waals surface area contributed by atoms with E-state index in [9.17, 15) is 5.11 Å². The van der Waals surface area contributed by atoms with Gasteiger partial charge in [0, 0.05) is 12.5 Å². The molecule has 19 heavy (non-hydrogen) atoms. The topological polar surface area (TPSA) is 32.3 Å². The van der Waals surface area contributed by atoms with Crippen LogP contribution in [0.4, 0.5) is 0 Å². The Morgan fingerprint density at radius 2 is 1.74 bits per heavy atom. The normalized spacial score (nSPS) is 14.8. The predicted octanol–water partition coefficient (Wildman–Crippen LogP) is 3.16. The number of nitrogens with one attached hydrogen (secondary N) is 1. The summed E-state index contributed by atoms with van der Waals surface area (Å²) in [5.74, 6) is 0.388. The molecule has 2 unspecified atom stereocenters. The molecule has 0 radical (unpaired) electrons. The van der Waals surface area contributed by atoms with E-state index >= 15 is 0 Å². The van der Waals surface area contributed by atoms with E-state index in [2.05, 4.69) is 61.6 Å². The molecule has 0 spiro atoms. The minimum atomic E-state index is -0.325. The molecule has 0 heterocycles. The Labute approximate surface area is 115 Å². The van der Waals surface area contributed by atoms with Gasteiger partial charge >= 0.3 is 0 Å². The van der Waals surface area contributed by atoms with Gasteiger partial charge in [-0.1, -0.05) is 56.3 Å². The van der Waals surface area contributed by atoms with Gasteiger partial charge in [0.05, 0.1) is 6.10 Å². The van der Waals surface area contributed by atoms with E-state index in [1.807, 2.05) is 7.05 Å². The van der Waals surface area contributed by atoms with Crippen LogP contribution in [0.25, 0.3) is 10.8 Å². The fourth-order valence-electron chi connectivity index (χ4n) is 2.56.